The maximum Gasteiger partial charge on any atom is 0.155 e. The average Bonchev–Trinajstić information content (AvgIpc) is 2.55. The van der Waals surface area contributed by atoms with E-state index in [1.165, 1.54) is 76.2 Å². The van der Waals surface area contributed by atoms with Gasteiger partial charge in [-0.1, -0.05) is 76.7 Å². The Kier molecular flexibility index (Phi) is 12.2. The molecule has 1 aliphatic rings. The topological polar surface area (TPSA) is 37.3 Å². The highest BCUT2D eigenvalue weighted by Gasteiger charge is 2.16. The Labute approximate surface area is 143 Å². The number of hydrogen-bond donors (Lipinski definition) is 1. The lowest BCUT2D eigenvalue weighted by molar-refractivity contribution is -0.115. The summed E-state index contributed by atoms with van der Waals surface area (Å²) in [6, 6.07) is 0. The molecular formula is C21H38O2. The molecule has 0 heterocycles. The van der Waals surface area contributed by atoms with Crippen molar-refractivity contribution in [2.75, 3.05) is 6.61 Å². The highest BCUT2D eigenvalue weighted by Crippen LogP contribution is 2.26. The highest BCUT2D eigenvalue weighted by atomic mass is 16.2. The van der Waals surface area contributed by atoms with E-state index in [1.54, 1.807) is 0 Å². The van der Waals surface area contributed by atoms with Gasteiger partial charge in [-0.15, -0.1) is 0 Å². The monoisotopic (exact) mass is 322 g/mol. The van der Waals surface area contributed by atoms with Crippen LogP contribution in [-0.4, -0.2) is 17.5 Å². The molecule has 1 atom stereocenters. The van der Waals surface area contributed by atoms with Crippen LogP contribution in [-0.2, 0) is 4.79 Å². The number of carbonyl (C=O) groups excluding carboxylic acids is 1. The molecule has 0 fully saturated rings. The average molecular weight is 323 g/mol. The predicted molar refractivity (Wildman–Crippen MR) is 98.6 cm³/mol. The molecule has 0 saturated heterocycles. The first-order chi connectivity index (χ1) is 11.2. The van der Waals surface area contributed by atoms with E-state index < -0.39 is 0 Å². The molecule has 134 valence electrons. The van der Waals surface area contributed by atoms with Gasteiger partial charge in [0.15, 0.2) is 5.78 Å². The molecule has 0 spiro atoms. The first-order valence-electron chi connectivity index (χ1n) is 10.1. The van der Waals surface area contributed by atoms with Crippen molar-refractivity contribution >= 4 is 5.78 Å². The van der Waals surface area contributed by atoms with Crippen LogP contribution in [0.5, 0.6) is 0 Å². The molecule has 23 heavy (non-hydrogen) atoms. The van der Waals surface area contributed by atoms with Crippen LogP contribution < -0.4 is 0 Å². The molecule has 1 aliphatic carbocycles. The maximum atomic E-state index is 11.5. The summed E-state index contributed by atoms with van der Waals surface area (Å²) >= 11 is 0. The van der Waals surface area contributed by atoms with Crippen molar-refractivity contribution in [3.63, 3.8) is 0 Å². The Hall–Kier alpha value is -0.630. The van der Waals surface area contributed by atoms with E-state index in [0.29, 0.717) is 18.3 Å². The summed E-state index contributed by atoms with van der Waals surface area (Å²) in [5.41, 5.74) is 1.41. The third-order valence-electron chi connectivity index (χ3n) is 5.18. The minimum absolute atomic E-state index is 0.342. The second-order valence-electron chi connectivity index (χ2n) is 7.34. The van der Waals surface area contributed by atoms with Crippen molar-refractivity contribution in [2.45, 2.75) is 103 Å². The number of allylic oxidation sites excluding steroid dienone is 2. The number of ketones is 1. The second-order valence-corrected chi connectivity index (χ2v) is 7.34. The first-order valence-corrected chi connectivity index (χ1v) is 10.1. The fourth-order valence-corrected chi connectivity index (χ4v) is 3.49. The lowest BCUT2D eigenvalue weighted by Gasteiger charge is -2.19. The van der Waals surface area contributed by atoms with E-state index >= 15 is 0 Å². The molecule has 2 heteroatoms. The van der Waals surface area contributed by atoms with Gasteiger partial charge in [0.2, 0.25) is 0 Å². The van der Waals surface area contributed by atoms with Crippen LogP contribution in [0.25, 0.3) is 0 Å². The van der Waals surface area contributed by atoms with Crippen LogP contribution in [0.4, 0.5) is 0 Å². The Morgan fingerprint density at radius 2 is 1.35 bits per heavy atom. The zero-order chi connectivity index (χ0) is 16.8. The Morgan fingerprint density at radius 1 is 0.870 bits per heavy atom. The van der Waals surface area contributed by atoms with Gasteiger partial charge in [-0.05, 0) is 37.7 Å². The van der Waals surface area contributed by atoms with E-state index in [2.05, 4.69) is 6.92 Å². The predicted octanol–water partition coefficient (Wildman–Crippen LogP) is 5.98. The summed E-state index contributed by atoms with van der Waals surface area (Å²) in [5, 5.41) is 8.71. The number of rotatable bonds is 14. The third kappa shape index (κ3) is 10.7. The van der Waals surface area contributed by atoms with Crippen LogP contribution in [0.15, 0.2) is 11.6 Å². The fraction of sp³-hybridized carbons (Fsp3) is 0.857. The minimum Gasteiger partial charge on any atom is -0.396 e. The van der Waals surface area contributed by atoms with Crippen LogP contribution >= 0.6 is 0 Å². The van der Waals surface area contributed by atoms with Gasteiger partial charge in [0, 0.05) is 13.0 Å². The van der Waals surface area contributed by atoms with Gasteiger partial charge >= 0.3 is 0 Å². The van der Waals surface area contributed by atoms with Gasteiger partial charge in [-0.25, -0.2) is 0 Å². The fourth-order valence-electron chi connectivity index (χ4n) is 3.49. The Balaban J connectivity index is 1.84. The van der Waals surface area contributed by atoms with Crippen molar-refractivity contribution in [1.29, 1.82) is 0 Å². The molecule has 1 rings (SSSR count). The lowest BCUT2D eigenvalue weighted by atomic mass is 9.85. The van der Waals surface area contributed by atoms with E-state index in [4.69, 9.17) is 5.11 Å². The smallest absolute Gasteiger partial charge is 0.155 e. The molecule has 1 N–H and O–H groups in total. The van der Waals surface area contributed by atoms with E-state index in [9.17, 15) is 4.79 Å². The summed E-state index contributed by atoms with van der Waals surface area (Å²) in [5.74, 6) is 0.972. The highest BCUT2D eigenvalue weighted by molar-refractivity contribution is 5.91. The molecule has 0 aromatic carbocycles. The standard InChI is InChI=1S/C21H38O2/c1-19-15-16-21(23)18-20(19)14-12-10-8-6-4-2-3-5-7-9-11-13-17-22/h18-19,22H,2-17H2,1H3. The Morgan fingerprint density at radius 3 is 1.87 bits per heavy atom. The van der Waals surface area contributed by atoms with Crippen molar-refractivity contribution in [2.24, 2.45) is 5.92 Å². The molecule has 0 radical (unpaired) electrons. The van der Waals surface area contributed by atoms with Crippen LogP contribution in [0.2, 0.25) is 0 Å². The molecule has 0 bridgehead atoms. The zero-order valence-corrected chi connectivity index (χ0v) is 15.3. The summed E-state index contributed by atoms with van der Waals surface area (Å²) in [7, 11) is 0. The summed E-state index contributed by atoms with van der Waals surface area (Å²) in [6.07, 6.45) is 20.5. The SMILES string of the molecule is CC1CCC(=O)C=C1CCCCCCCCCCCCCCO. The molecule has 0 aromatic heterocycles. The van der Waals surface area contributed by atoms with Crippen LogP contribution in [0.1, 0.15) is 103 Å². The molecule has 0 saturated carbocycles. The number of aliphatic hydroxyl groups is 1. The van der Waals surface area contributed by atoms with Crippen molar-refractivity contribution in [3.8, 4) is 0 Å². The number of carbonyl (C=O) groups is 1. The Bertz CT molecular complexity index is 333. The number of unbranched alkanes of at least 4 members (excludes halogenated alkanes) is 11. The number of aliphatic hydroxyl groups excluding tert-OH is 1. The minimum atomic E-state index is 0.342. The van der Waals surface area contributed by atoms with Gasteiger partial charge in [-0.3, -0.25) is 4.79 Å². The summed E-state index contributed by atoms with van der Waals surface area (Å²) < 4.78 is 0. The largest absolute Gasteiger partial charge is 0.396 e. The van der Waals surface area contributed by atoms with Gasteiger partial charge in [0.1, 0.15) is 0 Å². The zero-order valence-electron chi connectivity index (χ0n) is 15.3. The van der Waals surface area contributed by atoms with E-state index in [0.717, 1.165) is 25.7 Å². The molecule has 2 nitrogen and oxygen atoms in total. The van der Waals surface area contributed by atoms with E-state index in [1.807, 2.05) is 6.08 Å². The molecule has 0 aliphatic heterocycles. The van der Waals surface area contributed by atoms with E-state index in [-0.39, 0.29) is 0 Å². The summed E-state index contributed by atoms with van der Waals surface area (Å²) in [6.45, 7) is 2.62. The summed E-state index contributed by atoms with van der Waals surface area (Å²) in [4.78, 5) is 11.5. The second kappa shape index (κ2) is 13.8. The van der Waals surface area contributed by atoms with Gasteiger partial charge in [0.25, 0.3) is 0 Å². The van der Waals surface area contributed by atoms with Crippen molar-refractivity contribution in [1.82, 2.24) is 0 Å². The normalized spacial score (nSPS) is 18.3. The van der Waals surface area contributed by atoms with Gasteiger partial charge < -0.3 is 5.11 Å². The number of hydrogen-bond acceptors (Lipinski definition) is 2. The molecule has 1 unspecified atom stereocenters. The first kappa shape index (κ1) is 20.4. The quantitative estimate of drug-likeness (QED) is 0.400. The van der Waals surface area contributed by atoms with Crippen molar-refractivity contribution in [3.05, 3.63) is 11.6 Å². The molecule has 0 aromatic rings. The van der Waals surface area contributed by atoms with Crippen LogP contribution in [0.3, 0.4) is 0 Å². The van der Waals surface area contributed by atoms with Gasteiger partial charge in [-0.2, -0.15) is 0 Å². The maximum absolute atomic E-state index is 11.5. The van der Waals surface area contributed by atoms with Crippen LogP contribution in [0, 0.1) is 5.92 Å². The lowest BCUT2D eigenvalue weighted by Crippen LogP contribution is -2.11. The molecule has 0 amide bonds. The molecular weight excluding hydrogens is 284 g/mol. The van der Waals surface area contributed by atoms with Crippen molar-refractivity contribution < 1.29 is 9.90 Å². The third-order valence-corrected chi connectivity index (χ3v) is 5.18. The van der Waals surface area contributed by atoms with Gasteiger partial charge in [0.05, 0.1) is 0 Å².